The standard InChI is InChI=1S/C21H22N3O3.BrH/c1-27-20-8-5-4-7-18(20)23-15-19(22-14-6-2-3-9-21(22)23)16-10-12-17(13-11-16)24(25)26;/h4-5,7-8,10-13,15H,2-3,6,9,14H2,1H3;1H/q+1;/p-1. The molecule has 1 aromatic heterocycles. The topological polar surface area (TPSA) is 61.2 Å². The number of fused-ring (bicyclic) bond motifs is 1. The fourth-order valence-corrected chi connectivity index (χ4v) is 3.79. The van der Waals surface area contributed by atoms with E-state index in [2.05, 4.69) is 21.4 Å². The number of para-hydroxylation sites is 2. The van der Waals surface area contributed by atoms with Crippen molar-refractivity contribution in [3.8, 4) is 22.7 Å². The summed E-state index contributed by atoms with van der Waals surface area (Å²) in [7, 11) is 1.69. The Morgan fingerprint density at radius 1 is 1.07 bits per heavy atom. The lowest BCUT2D eigenvalue weighted by Gasteiger charge is -2.06. The van der Waals surface area contributed by atoms with Crippen LogP contribution >= 0.6 is 0 Å². The molecule has 1 aliphatic heterocycles. The summed E-state index contributed by atoms with van der Waals surface area (Å²) in [5.41, 5.74) is 3.18. The van der Waals surface area contributed by atoms with E-state index in [9.17, 15) is 10.1 Å². The number of nitro benzene ring substituents is 1. The third-order valence-corrected chi connectivity index (χ3v) is 5.13. The summed E-state index contributed by atoms with van der Waals surface area (Å²) in [5.74, 6) is 2.07. The lowest BCUT2D eigenvalue weighted by molar-refractivity contribution is -0.604. The average Bonchev–Trinajstić information content (AvgIpc) is 2.88. The number of imidazole rings is 1. The molecule has 4 rings (SSSR count). The monoisotopic (exact) mass is 443 g/mol. The molecule has 0 N–H and O–H groups in total. The van der Waals surface area contributed by atoms with Crippen LogP contribution in [0, 0.1) is 10.1 Å². The van der Waals surface area contributed by atoms with Gasteiger partial charge >= 0.3 is 0 Å². The third-order valence-electron chi connectivity index (χ3n) is 5.13. The lowest BCUT2D eigenvalue weighted by atomic mass is 10.1. The SMILES string of the molecule is COc1ccccc1-[n+]1cc(-c2ccc([N+](=O)[O-])cc2)n2c1CCCCC2.[Br-]. The normalized spacial score (nSPS) is 13.2. The van der Waals surface area contributed by atoms with Crippen LogP contribution in [0.2, 0.25) is 0 Å². The van der Waals surface area contributed by atoms with E-state index < -0.39 is 0 Å². The molecule has 0 saturated carbocycles. The van der Waals surface area contributed by atoms with Gasteiger partial charge in [-0.1, -0.05) is 12.1 Å². The Kier molecular flexibility index (Phi) is 6.14. The van der Waals surface area contributed by atoms with E-state index in [1.54, 1.807) is 19.2 Å². The molecule has 0 bridgehead atoms. The van der Waals surface area contributed by atoms with Crippen molar-refractivity contribution in [1.29, 1.82) is 0 Å². The van der Waals surface area contributed by atoms with Crippen LogP contribution in [0.25, 0.3) is 16.9 Å². The fourth-order valence-electron chi connectivity index (χ4n) is 3.79. The Morgan fingerprint density at radius 2 is 1.82 bits per heavy atom. The van der Waals surface area contributed by atoms with Crippen molar-refractivity contribution in [1.82, 2.24) is 4.57 Å². The highest BCUT2D eigenvalue weighted by Crippen LogP contribution is 2.28. The number of hydrogen-bond donors (Lipinski definition) is 0. The zero-order valence-corrected chi connectivity index (χ0v) is 17.3. The van der Waals surface area contributed by atoms with Gasteiger partial charge in [-0.05, 0) is 43.5 Å². The molecule has 6 nitrogen and oxygen atoms in total. The minimum atomic E-state index is -0.364. The summed E-state index contributed by atoms with van der Waals surface area (Å²) in [5, 5.41) is 11.0. The van der Waals surface area contributed by atoms with E-state index in [0.29, 0.717) is 0 Å². The Hall–Kier alpha value is -2.67. The van der Waals surface area contributed by atoms with Crippen LogP contribution in [0.1, 0.15) is 25.1 Å². The van der Waals surface area contributed by atoms with E-state index in [4.69, 9.17) is 4.74 Å². The van der Waals surface area contributed by atoms with Gasteiger partial charge in [0.15, 0.2) is 17.1 Å². The van der Waals surface area contributed by atoms with Gasteiger partial charge in [0.1, 0.15) is 6.20 Å². The first-order valence-corrected chi connectivity index (χ1v) is 9.21. The predicted octanol–water partition coefficient (Wildman–Crippen LogP) is 1.08. The van der Waals surface area contributed by atoms with Crippen LogP contribution in [0.15, 0.2) is 54.7 Å². The second kappa shape index (κ2) is 8.56. The highest BCUT2D eigenvalue weighted by molar-refractivity contribution is 5.61. The first kappa shape index (κ1) is 20.1. The number of aromatic nitrogens is 2. The van der Waals surface area contributed by atoms with Gasteiger partial charge in [0.25, 0.3) is 11.5 Å². The van der Waals surface area contributed by atoms with Crippen molar-refractivity contribution in [3.63, 3.8) is 0 Å². The van der Waals surface area contributed by atoms with Crippen molar-refractivity contribution in [2.75, 3.05) is 7.11 Å². The van der Waals surface area contributed by atoms with Crippen LogP contribution in [0.5, 0.6) is 5.75 Å². The molecular formula is C21H22BrN3O3. The summed E-state index contributed by atoms with van der Waals surface area (Å²) >= 11 is 0. The summed E-state index contributed by atoms with van der Waals surface area (Å²) in [6.07, 6.45) is 6.60. The van der Waals surface area contributed by atoms with Gasteiger partial charge in [0, 0.05) is 24.1 Å². The molecule has 0 radical (unpaired) electrons. The van der Waals surface area contributed by atoms with E-state index in [-0.39, 0.29) is 27.6 Å². The van der Waals surface area contributed by atoms with E-state index in [1.807, 2.05) is 30.3 Å². The van der Waals surface area contributed by atoms with Crippen molar-refractivity contribution < 1.29 is 31.2 Å². The lowest BCUT2D eigenvalue weighted by Crippen LogP contribution is -3.00. The maximum atomic E-state index is 11.0. The minimum Gasteiger partial charge on any atom is -1.00 e. The third kappa shape index (κ3) is 3.67. The number of ether oxygens (including phenoxy) is 1. The summed E-state index contributed by atoms with van der Waals surface area (Å²) in [6.45, 7) is 0.948. The zero-order chi connectivity index (χ0) is 18.8. The molecule has 3 aromatic rings. The van der Waals surface area contributed by atoms with Crippen LogP contribution < -0.4 is 26.3 Å². The largest absolute Gasteiger partial charge is 1.00 e. The summed E-state index contributed by atoms with van der Waals surface area (Å²) in [6, 6.07) is 14.8. The first-order chi connectivity index (χ1) is 13.2. The number of rotatable bonds is 4. The Morgan fingerprint density at radius 3 is 2.54 bits per heavy atom. The quantitative estimate of drug-likeness (QED) is 0.344. The number of halogens is 1. The van der Waals surface area contributed by atoms with Crippen molar-refractivity contribution in [2.45, 2.75) is 32.2 Å². The molecule has 0 unspecified atom stereocenters. The Bertz CT molecular complexity index is 983. The number of hydrogen-bond acceptors (Lipinski definition) is 3. The van der Waals surface area contributed by atoms with Gasteiger partial charge in [-0.2, -0.15) is 4.57 Å². The van der Waals surface area contributed by atoms with Gasteiger partial charge in [-0.3, -0.25) is 10.1 Å². The summed E-state index contributed by atoms with van der Waals surface area (Å²) in [4.78, 5) is 10.6. The highest BCUT2D eigenvalue weighted by atomic mass is 79.9. The van der Waals surface area contributed by atoms with Crippen molar-refractivity contribution in [3.05, 3.63) is 70.7 Å². The minimum absolute atomic E-state index is 0. The predicted molar refractivity (Wildman–Crippen MR) is 102 cm³/mol. The molecule has 1 aliphatic rings. The molecule has 0 fully saturated rings. The van der Waals surface area contributed by atoms with Gasteiger partial charge in [-0.15, -0.1) is 0 Å². The maximum Gasteiger partial charge on any atom is 0.269 e. The smallest absolute Gasteiger partial charge is 0.269 e. The molecule has 0 aliphatic carbocycles. The van der Waals surface area contributed by atoms with Crippen molar-refractivity contribution >= 4 is 5.69 Å². The van der Waals surface area contributed by atoms with Gasteiger partial charge in [-0.25, -0.2) is 4.57 Å². The molecule has 146 valence electrons. The first-order valence-electron chi connectivity index (χ1n) is 9.21. The van der Waals surface area contributed by atoms with Gasteiger partial charge in [0.05, 0.1) is 18.6 Å². The number of methoxy groups -OCH3 is 1. The molecule has 0 amide bonds. The van der Waals surface area contributed by atoms with Crippen LogP contribution in [-0.2, 0) is 13.0 Å². The zero-order valence-electron chi connectivity index (χ0n) is 15.7. The molecule has 0 atom stereocenters. The average molecular weight is 444 g/mol. The van der Waals surface area contributed by atoms with E-state index in [1.165, 1.54) is 12.2 Å². The molecular weight excluding hydrogens is 422 g/mol. The second-order valence-electron chi connectivity index (χ2n) is 6.74. The Balaban J connectivity index is 0.00000225. The molecule has 2 heterocycles. The maximum absolute atomic E-state index is 11.0. The van der Waals surface area contributed by atoms with E-state index in [0.717, 1.165) is 48.5 Å². The molecule has 0 saturated heterocycles. The second-order valence-corrected chi connectivity index (χ2v) is 6.74. The van der Waals surface area contributed by atoms with Crippen LogP contribution in [-0.4, -0.2) is 16.6 Å². The molecule has 7 heteroatoms. The van der Waals surface area contributed by atoms with Crippen LogP contribution in [0.4, 0.5) is 5.69 Å². The van der Waals surface area contributed by atoms with Gasteiger partial charge < -0.3 is 21.7 Å². The number of nitro groups is 1. The Labute approximate surface area is 174 Å². The molecule has 28 heavy (non-hydrogen) atoms. The molecule has 2 aromatic carbocycles. The number of non-ortho nitro benzene ring substituents is 1. The highest BCUT2D eigenvalue weighted by Gasteiger charge is 2.28. The van der Waals surface area contributed by atoms with E-state index >= 15 is 0 Å². The molecule has 0 spiro atoms. The fraction of sp³-hybridized carbons (Fsp3) is 0.286. The summed E-state index contributed by atoms with van der Waals surface area (Å²) < 4.78 is 10.1. The number of nitrogens with zero attached hydrogens (tertiary/aromatic N) is 3. The van der Waals surface area contributed by atoms with Gasteiger partial charge in [0.2, 0.25) is 0 Å². The number of benzene rings is 2. The van der Waals surface area contributed by atoms with Crippen LogP contribution in [0.3, 0.4) is 0 Å². The van der Waals surface area contributed by atoms with Crippen molar-refractivity contribution in [2.24, 2.45) is 0 Å².